The maximum atomic E-state index is 7.00. The Hall–Kier alpha value is -8.57. The SMILES string of the molecule is c1ccc(N(c2ccccc2)c2ccccc2-c2ccc(N(c3ccc4c(c3)Sc3ccccc3C43c4ccccc4-c4ccccc43)c3cccc4c3oc3cc5ccccc5cc34)cc2)cc1. The van der Waals surface area contributed by atoms with Gasteiger partial charge < -0.3 is 14.2 Å². The first-order valence-electron chi connectivity index (χ1n) is 23.6. The Morgan fingerprint density at radius 2 is 0.855 bits per heavy atom. The van der Waals surface area contributed by atoms with Crippen LogP contribution in [0.25, 0.3) is 55.0 Å². The van der Waals surface area contributed by atoms with Crippen LogP contribution in [0.5, 0.6) is 0 Å². The van der Waals surface area contributed by atoms with Crippen molar-refractivity contribution in [3.63, 3.8) is 0 Å². The molecule has 3 nitrogen and oxygen atoms in total. The molecule has 324 valence electrons. The van der Waals surface area contributed by atoms with Crippen molar-refractivity contribution in [1.29, 1.82) is 0 Å². The summed E-state index contributed by atoms with van der Waals surface area (Å²) in [4.78, 5) is 7.25. The second kappa shape index (κ2) is 15.8. The third-order valence-electron chi connectivity index (χ3n) is 14.3. The highest BCUT2D eigenvalue weighted by atomic mass is 32.2. The predicted octanol–water partition coefficient (Wildman–Crippen LogP) is 18.2. The Kier molecular flexibility index (Phi) is 9.05. The van der Waals surface area contributed by atoms with Crippen molar-refractivity contribution in [2.24, 2.45) is 0 Å². The summed E-state index contributed by atoms with van der Waals surface area (Å²) >= 11 is 1.87. The van der Waals surface area contributed by atoms with Gasteiger partial charge in [-0.15, -0.1) is 0 Å². The molecule has 0 N–H and O–H groups in total. The van der Waals surface area contributed by atoms with Gasteiger partial charge in [-0.3, -0.25) is 0 Å². The number of hydrogen-bond acceptors (Lipinski definition) is 4. The summed E-state index contributed by atoms with van der Waals surface area (Å²) in [7, 11) is 0. The number of para-hydroxylation sites is 4. The molecule has 2 aliphatic rings. The Morgan fingerprint density at radius 3 is 1.57 bits per heavy atom. The molecule has 1 spiro atoms. The molecule has 0 fully saturated rings. The predicted molar refractivity (Wildman–Crippen MR) is 287 cm³/mol. The number of rotatable bonds is 7. The lowest BCUT2D eigenvalue weighted by Gasteiger charge is -2.40. The molecular weight excluding hydrogens is 857 g/mol. The second-order valence-electron chi connectivity index (χ2n) is 18.0. The van der Waals surface area contributed by atoms with E-state index < -0.39 is 5.41 Å². The van der Waals surface area contributed by atoms with E-state index in [9.17, 15) is 0 Å². The first-order valence-corrected chi connectivity index (χ1v) is 24.4. The highest BCUT2D eigenvalue weighted by Gasteiger charge is 2.50. The van der Waals surface area contributed by atoms with E-state index in [1.807, 2.05) is 11.8 Å². The van der Waals surface area contributed by atoms with Crippen LogP contribution in [0.15, 0.2) is 269 Å². The van der Waals surface area contributed by atoms with Crippen LogP contribution in [-0.2, 0) is 5.41 Å². The lowest BCUT2D eigenvalue weighted by atomic mass is 9.67. The van der Waals surface area contributed by atoms with Gasteiger partial charge in [0.05, 0.1) is 16.8 Å². The van der Waals surface area contributed by atoms with Crippen molar-refractivity contribution in [2.45, 2.75) is 15.2 Å². The van der Waals surface area contributed by atoms with Gasteiger partial charge >= 0.3 is 0 Å². The Morgan fingerprint density at radius 1 is 0.333 bits per heavy atom. The van der Waals surface area contributed by atoms with Crippen molar-refractivity contribution >= 4 is 78.6 Å². The summed E-state index contributed by atoms with van der Waals surface area (Å²) in [5, 5.41) is 4.55. The minimum atomic E-state index is -0.461. The molecule has 2 heterocycles. The fourth-order valence-electron chi connectivity index (χ4n) is 11.3. The summed E-state index contributed by atoms with van der Waals surface area (Å²) in [5.41, 5.74) is 17.8. The van der Waals surface area contributed by atoms with E-state index in [2.05, 4.69) is 265 Å². The van der Waals surface area contributed by atoms with Crippen molar-refractivity contribution in [3.05, 3.63) is 277 Å². The molecule has 0 radical (unpaired) electrons. The van der Waals surface area contributed by atoms with Crippen molar-refractivity contribution < 1.29 is 4.42 Å². The smallest absolute Gasteiger partial charge is 0.159 e. The van der Waals surface area contributed by atoms with Crippen LogP contribution in [0.2, 0.25) is 0 Å². The van der Waals surface area contributed by atoms with Crippen LogP contribution in [0.4, 0.5) is 34.1 Å². The molecule has 0 saturated carbocycles. The molecule has 1 aromatic heterocycles. The number of hydrogen-bond donors (Lipinski definition) is 0. The second-order valence-corrected chi connectivity index (χ2v) is 19.1. The first-order chi connectivity index (χ1) is 34.2. The van der Waals surface area contributed by atoms with Crippen LogP contribution in [0, 0.1) is 0 Å². The third-order valence-corrected chi connectivity index (χ3v) is 15.4. The molecule has 0 atom stereocenters. The van der Waals surface area contributed by atoms with Crippen LogP contribution < -0.4 is 9.80 Å². The molecule has 0 saturated heterocycles. The van der Waals surface area contributed by atoms with E-state index in [1.54, 1.807) is 0 Å². The van der Waals surface area contributed by atoms with Crippen LogP contribution >= 0.6 is 11.8 Å². The number of fused-ring (bicyclic) bond motifs is 13. The van der Waals surface area contributed by atoms with Crippen LogP contribution in [0.1, 0.15) is 22.3 Å². The Labute approximate surface area is 405 Å². The van der Waals surface area contributed by atoms with Gasteiger partial charge in [0.1, 0.15) is 5.58 Å². The van der Waals surface area contributed by atoms with Gasteiger partial charge in [0.15, 0.2) is 5.58 Å². The number of benzene rings is 11. The fraction of sp³-hybridized carbons (Fsp3) is 0.0154. The number of furan rings is 1. The van der Waals surface area contributed by atoms with Gasteiger partial charge in [0, 0.05) is 48.9 Å². The topological polar surface area (TPSA) is 19.6 Å². The summed E-state index contributed by atoms with van der Waals surface area (Å²) in [5.74, 6) is 0. The molecule has 1 aliphatic heterocycles. The average Bonchev–Trinajstić information content (AvgIpc) is 3.93. The first kappa shape index (κ1) is 39.6. The highest BCUT2D eigenvalue weighted by molar-refractivity contribution is 7.99. The molecule has 0 bridgehead atoms. The van der Waals surface area contributed by atoms with E-state index in [0.29, 0.717) is 0 Å². The van der Waals surface area contributed by atoms with E-state index in [0.717, 1.165) is 72.6 Å². The molecule has 0 amide bonds. The lowest BCUT2D eigenvalue weighted by molar-refractivity contribution is 0.669. The van der Waals surface area contributed by atoms with Gasteiger partial charge in [-0.05, 0) is 129 Å². The minimum Gasteiger partial charge on any atom is -0.454 e. The summed E-state index contributed by atoms with van der Waals surface area (Å²) in [6.07, 6.45) is 0. The van der Waals surface area contributed by atoms with E-state index in [-0.39, 0.29) is 0 Å². The summed E-state index contributed by atoms with van der Waals surface area (Å²) in [6, 6.07) is 92.8. The molecule has 4 heteroatoms. The standard InChI is InChI=1S/C65H42N2OS/c1-3-20-46(21-4-1)66(47-22-5-2-6-23-47)59-31-15-11-24-50(59)43-34-36-48(37-35-43)67(60-32-17-27-53-54-40-44-18-7-8-19-45(44)41-61(54)68-64(53)60)49-38-39-58-63(42-49)69-62-33-16-14-30-57(62)65(58)55-28-12-9-25-51(55)52-26-10-13-29-56(52)65/h1-42H. The van der Waals surface area contributed by atoms with E-state index in [4.69, 9.17) is 4.42 Å². The minimum absolute atomic E-state index is 0.461. The molecule has 14 rings (SSSR count). The molecule has 69 heavy (non-hydrogen) atoms. The maximum Gasteiger partial charge on any atom is 0.159 e. The zero-order valence-electron chi connectivity index (χ0n) is 37.5. The maximum absolute atomic E-state index is 7.00. The molecular formula is C65H42N2OS. The van der Waals surface area contributed by atoms with Gasteiger partial charge in [0.2, 0.25) is 0 Å². The van der Waals surface area contributed by atoms with E-state index in [1.165, 1.54) is 48.6 Å². The zero-order valence-corrected chi connectivity index (χ0v) is 38.3. The molecule has 0 unspecified atom stereocenters. The third kappa shape index (κ3) is 6.09. The molecule has 12 aromatic rings. The van der Waals surface area contributed by atoms with Gasteiger partial charge in [-0.25, -0.2) is 0 Å². The van der Waals surface area contributed by atoms with Crippen LogP contribution in [0.3, 0.4) is 0 Å². The van der Waals surface area contributed by atoms with Gasteiger partial charge in [-0.2, -0.15) is 0 Å². The van der Waals surface area contributed by atoms with Crippen molar-refractivity contribution in [3.8, 4) is 22.3 Å². The largest absolute Gasteiger partial charge is 0.454 e. The van der Waals surface area contributed by atoms with E-state index >= 15 is 0 Å². The summed E-state index contributed by atoms with van der Waals surface area (Å²) in [6.45, 7) is 0. The lowest BCUT2D eigenvalue weighted by Crippen LogP contribution is -2.32. The average molecular weight is 899 g/mol. The van der Waals surface area contributed by atoms with Gasteiger partial charge in [0.25, 0.3) is 0 Å². The summed E-state index contributed by atoms with van der Waals surface area (Å²) < 4.78 is 7.00. The quantitative estimate of drug-likeness (QED) is 0.159. The highest BCUT2D eigenvalue weighted by Crippen LogP contribution is 2.62. The Bertz CT molecular complexity index is 3870. The molecule has 1 aliphatic carbocycles. The van der Waals surface area contributed by atoms with Crippen molar-refractivity contribution in [2.75, 3.05) is 9.80 Å². The zero-order chi connectivity index (χ0) is 45.5. The van der Waals surface area contributed by atoms with Crippen molar-refractivity contribution in [1.82, 2.24) is 0 Å². The number of anilines is 6. The normalized spacial score (nSPS) is 13.0. The molecule has 11 aromatic carbocycles. The van der Waals surface area contributed by atoms with Gasteiger partial charge in [-0.1, -0.05) is 188 Å². The van der Waals surface area contributed by atoms with Crippen LogP contribution in [-0.4, -0.2) is 0 Å². The fourth-order valence-corrected chi connectivity index (χ4v) is 12.6. The monoisotopic (exact) mass is 898 g/mol. The number of nitrogens with zero attached hydrogens (tertiary/aromatic N) is 2. The Balaban J connectivity index is 0.966.